The first-order valence-electron chi connectivity index (χ1n) is 6.91. The highest BCUT2D eigenvalue weighted by molar-refractivity contribution is 5.76. The lowest BCUT2D eigenvalue weighted by atomic mass is 9.99. The van der Waals surface area contributed by atoms with Crippen LogP contribution in [0.2, 0.25) is 0 Å². The molecule has 0 saturated carbocycles. The van der Waals surface area contributed by atoms with Gasteiger partial charge < -0.3 is 15.6 Å². The minimum absolute atomic E-state index is 0.226. The summed E-state index contributed by atoms with van der Waals surface area (Å²) in [6.07, 6.45) is 0.403. The average molecular weight is 285 g/mol. The van der Waals surface area contributed by atoms with Gasteiger partial charge in [-0.1, -0.05) is 42.5 Å². The number of para-hydroxylation sites is 1. The number of phenolic OH excluding ortho intramolecular Hbond substituents is 1. The predicted molar refractivity (Wildman–Crippen MR) is 81.9 cm³/mol. The van der Waals surface area contributed by atoms with Gasteiger partial charge >= 0.3 is 5.97 Å². The smallest absolute Gasteiger partial charge is 0.323 e. The van der Waals surface area contributed by atoms with Crippen LogP contribution in [0.5, 0.6) is 5.75 Å². The Morgan fingerprint density at radius 3 is 2.71 bits per heavy atom. The molecule has 2 rings (SSSR count). The number of phenols is 1. The number of carbonyl (C=O) groups excluding carboxylic acids is 1. The van der Waals surface area contributed by atoms with Crippen molar-refractivity contribution in [3.63, 3.8) is 0 Å². The van der Waals surface area contributed by atoms with E-state index in [-0.39, 0.29) is 5.75 Å². The Labute approximate surface area is 124 Å². The highest BCUT2D eigenvalue weighted by Crippen LogP contribution is 2.29. The van der Waals surface area contributed by atoms with Gasteiger partial charge in [-0.25, -0.2) is 0 Å². The van der Waals surface area contributed by atoms with Gasteiger partial charge in [0.25, 0.3) is 0 Å². The van der Waals surface area contributed by atoms with Gasteiger partial charge in [0.1, 0.15) is 11.8 Å². The van der Waals surface area contributed by atoms with E-state index < -0.39 is 12.0 Å². The Kier molecular flexibility index (Phi) is 4.95. The maximum absolute atomic E-state index is 11.6. The van der Waals surface area contributed by atoms with E-state index in [1.807, 2.05) is 36.4 Å². The van der Waals surface area contributed by atoms with Crippen LogP contribution < -0.4 is 5.73 Å². The lowest BCUT2D eigenvalue weighted by Crippen LogP contribution is -2.34. The molecule has 1 atom stereocenters. The molecule has 110 valence electrons. The van der Waals surface area contributed by atoms with Gasteiger partial charge in [0.2, 0.25) is 0 Å². The van der Waals surface area contributed by atoms with Crippen molar-refractivity contribution >= 4 is 5.97 Å². The van der Waals surface area contributed by atoms with Crippen LogP contribution in [0.25, 0.3) is 11.1 Å². The number of aromatic hydroxyl groups is 1. The highest BCUT2D eigenvalue weighted by atomic mass is 16.5. The van der Waals surface area contributed by atoms with Crippen LogP contribution in [0, 0.1) is 0 Å². The Balaban J connectivity index is 2.19. The molecule has 0 saturated heterocycles. The molecule has 0 unspecified atom stereocenters. The first-order valence-corrected chi connectivity index (χ1v) is 6.91. The van der Waals surface area contributed by atoms with Gasteiger partial charge in [0, 0.05) is 5.56 Å². The third kappa shape index (κ3) is 3.83. The molecule has 0 spiro atoms. The molecule has 0 aliphatic rings. The van der Waals surface area contributed by atoms with Crippen LogP contribution in [-0.4, -0.2) is 23.7 Å². The van der Waals surface area contributed by atoms with Crippen molar-refractivity contribution in [3.8, 4) is 16.9 Å². The normalized spacial score (nSPS) is 11.9. The summed E-state index contributed by atoms with van der Waals surface area (Å²) in [5, 5.41) is 9.90. The first kappa shape index (κ1) is 15.1. The van der Waals surface area contributed by atoms with Crippen LogP contribution >= 0.6 is 0 Å². The lowest BCUT2D eigenvalue weighted by molar-refractivity contribution is -0.144. The molecule has 2 aromatic rings. The molecular weight excluding hydrogens is 266 g/mol. The summed E-state index contributed by atoms with van der Waals surface area (Å²) in [6, 6.07) is 14.1. The van der Waals surface area contributed by atoms with Crippen molar-refractivity contribution in [1.29, 1.82) is 0 Å². The summed E-state index contributed by atoms with van der Waals surface area (Å²) >= 11 is 0. The van der Waals surface area contributed by atoms with Crippen molar-refractivity contribution in [2.75, 3.05) is 6.61 Å². The number of ether oxygens (including phenoxy) is 1. The molecule has 0 aromatic heterocycles. The predicted octanol–water partition coefficient (Wildman–Crippen LogP) is 2.49. The van der Waals surface area contributed by atoms with Gasteiger partial charge in [0.15, 0.2) is 0 Å². The minimum atomic E-state index is -0.676. The van der Waals surface area contributed by atoms with Gasteiger partial charge in [-0.15, -0.1) is 0 Å². The Morgan fingerprint density at radius 1 is 1.24 bits per heavy atom. The summed E-state index contributed by atoms with van der Waals surface area (Å²) in [5.41, 5.74) is 8.40. The highest BCUT2D eigenvalue weighted by Gasteiger charge is 2.15. The van der Waals surface area contributed by atoms with Gasteiger partial charge in [0.05, 0.1) is 6.61 Å². The van der Waals surface area contributed by atoms with E-state index in [0.717, 1.165) is 16.7 Å². The summed E-state index contributed by atoms with van der Waals surface area (Å²) in [4.78, 5) is 11.6. The standard InChI is InChI=1S/C17H19NO3/c1-2-21-17(20)15(18)11-12-6-5-7-13(10-12)14-8-3-4-9-16(14)19/h3-10,15,19H,2,11,18H2,1H3/t15-/m1/s1. The molecule has 0 aliphatic heterocycles. The van der Waals surface area contributed by atoms with E-state index in [1.54, 1.807) is 19.1 Å². The van der Waals surface area contributed by atoms with Crippen molar-refractivity contribution in [1.82, 2.24) is 0 Å². The minimum Gasteiger partial charge on any atom is -0.507 e. The third-order valence-electron chi connectivity index (χ3n) is 3.19. The molecule has 4 heteroatoms. The van der Waals surface area contributed by atoms with Crippen molar-refractivity contribution in [2.24, 2.45) is 5.73 Å². The van der Waals surface area contributed by atoms with Crippen molar-refractivity contribution in [3.05, 3.63) is 54.1 Å². The number of carbonyl (C=O) groups is 1. The summed E-state index contributed by atoms with van der Waals surface area (Å²) in [6.45, 7) is 2.08. The zero-order chi connectivity index (χ0) is 15.2. The van der Waals surface area contributed by atoms with E-state index in [4.69, 9.17) is 10.5 Å². The number of rotatable bonds is 5. The maximum Gasteiger partial charge on any atom is 0.323 e. The quantitative estimate of drug-likeness (QED) is 0.828. The SMILES string of the molecule is CCOC(=O)[C@H](N)Cc1cccc(-c2ccccc2O)c1. The van der Waals surface area contributed by atoms with Crippen LogP contribution in [-0.2, 0) is 16.0 Å². The monoisotopic (exact) mass is 285 g/mol. The topological polar surface area (TPSA) is 72.5 Å². The number of hydrogen-bond acceptors (Lipinski definition) is 4. The molecule has 3 N–H and O–H groups in total. The number of nitrogens with two attached hydrogens (primary N) is 1. The number of esters is 1. The Morgan fingerprint density at radius 2 is 2.00 bits per heavy atom. The molecule has 0 heterocycles. The first-order chi connectivity index (χ1) is 10.1. The van der Waals surface area contributed by atoms with Gasteiger partial charge in [-0.3, -0.25) is 4.79 Å². The van der Waals surface area contributed by atoms with Crippen LogP contribution in [0.15, 0.2) is 48.5 Å². The van der Waals surface area contributed by atoms with Gasteiger partial charge in [-0.2, -0.15) is 0 Å². The zero-order valence-corrected chi connectivity index (χ0v) is 12.0. The van der Waals surface area contributed by atoms with E-state index in [2.05, 4.69) is 0 Å². The maximum atomic E-state index is 11.6. The van der Waals surface area contributed by atoms with Gasteiger partial charge in [-0.05, 0) is 30.5 Å². The van der Waals surface area contributed by atoms with E-state index >= 15 is 0 Å². The van der Waals surface area contributed by atoms with Crippen LogP contribution in [0.4, 0.5) is 0 Å². The molecule has 0 fully saturated rings. The molecular formula is C17H19NO3. The second-order valence-corrected chi connectivity index (χ2v) is 4.78. The fraction of sp³-hybridized carbons (Fsp3) is 0.235. The largest absolute Gasteiger partial charge is 0.507 e. The third-order valence-corrected chi connectivity index (χ3v) is 3.19. The van der Waals surface area contributed by atoms with E-state index in [1.165, 1.54) is 0 Å². The number of benzene rings is 2. The fourth-order valence-corrected chi connectivity index (χ4v) is 2.17. The summed E-state index contributed by atoms with van der Waals surface area (Å²) < 4.78 is 4.91. The molecule has 0 radical (unpaired) electrons. The Hall–Kier alpha value is -2.33. The number of hydrogen-bond donors (Lipinski definition) is 2. The second kappa shape index (κ2) is 6.90. The summed E-state index contributed by atoms with van der Waals surface area (Å²) in [7, 11) is 0. The van der Waals surface area contributed by atoms with Crippen LogP contribution in [0.3, 0.4) is 0 Å². The fourth-order valence-electron chi connectivity index (χ4n) is 2.17. The molecule has 0 amide bonds. The Bertz CT molecular complexity index is 625. The molecule has 4 nitrogen and oxygen atoms in total. The molecule has 0 bridgehead atoms. The zero-order valence-electron chi connectivity index (χ0n) is 12.0. The van der Waals surface area contributed by atoms with E-state index in [9.17, 15) is 9.90 Å². The lowest BCUT2D eigenvalue weighted by Gasteiger charge is -2.12. The molecule has 0 aliphatic carbocycles. The van der Waals surface area contributed by atoms with Crippen LogP contribution in [0.1, 0.15) is 12.5 Å². The van der Waals surface area contributed by atoms with E-state index in [0.29, 0.717) is 13.0 Å². The van der Waals surface area contributed by atoms with Crippen molar-refractivity contribution in [2.45, 2.75) is 19.4 Å². The second-order valence-electron chi connectivity index (χ2n) is 4.78. The van der Waals surface area contributed by atoms with Crippen molar-refractivity contribution < 1.29 is 14.6 Å². The average Bonchev–Trinajstić information content (AvgIpc) is 2.48. The molecule has 21 heavy (non-hydrogen) atoms. The molecule has 2 aromatic carbocycles. The summed E-state index contributed by atoms with van der Waals surface area (Å²) in [5.74, 6) is -0.171.